The van der Waals surface area contributed by atoms with Gasteiger partial charge in [-0.15, -0.1) is 0 Å². The Labute approximate surface area is 214 Å². The highest BCUT2D eigenvalue weighted by Crippen LogP contribution is 2.23. The Morgan fingerprint density at radius 1 is 1.00 bits per heavy atom. The average molecular weight is 520 g/mol. The first kappa shape index (κ1) is 29.0. The monoisotopic (exact) mass is 519 g/mol. The van der Waals surface area contributed by atoms with Gasteiger partial charge < -0.3 is 19.7 Å². The molecule has 0 fully saturated rings. The highest BCUT2D eigenvalue weighted by Gasteiger charge is 2.28. The number of ether oxygens (including phenoxy) is 2. The van der Waals surface area contributed by atoms with Crippen LogP contribution in [0.1, 0.15) is 38.7 Å². The number of benzene rings is 2. The van der Waals surface area contributed by atoms with Crippen molar-refractivity contribution in [3.63, 3.8) is 0 Å². The van der Waals surface area contributed by atoms with Gasteiger partial charge in [-0.25, -0.2) is 8.42 Å². The maximum atomic E-state index is 13.3. The smallest absolute Gasteiger partial charge is 0.242 e. The third-order valence-electron chi connectivity index (χ3n) is 5.73. The molecule has 0 aliphatic rings. The number of rotatable bonds is 14. The number of amides is 2. The van der Waals surface area contributed by atoms with E-state index in [9.17, 15) is 18.0 Å². The fourth-order valence-corrected chi connectivity index (χ4v) is 4.86. The lowest BCUT2D eigenvalue weighted by Crippen LogP contribution is -2.48. The minimum Gasteiger partial charge on any atom is -0.497 e. The summed E-state index contributed by atoms with van der Waals surface area (Å²) in [4.78, 5) is 27.4. The van der Waals surface area contributed by atoms with Crippen molar-refractivity contribution in [2.75, 3.05) is 37.9 Å². The molecule has 1 N–H and O–H groups in total. The molecule has 198 valence electrons. The van der Waals surface area contributed by atoms with Crippen molar-refractivity contribution in [2.24, 2.45) is 0 Å². The molecule has 0 bridgehead atoms. The summed E-state index contributed by atoms with van der Waals surface area (Å²) in [5, 5.41) is 2.63. The minimum atomic E-state index is -3.56. The SMILES string of the molecule is CCOc1ccc(N(CCCC(=O)N(Cc2ccc(OC)cc2)[C@H](CC)C(=O)NC)S(C)(=O)=O)cc1. The van der Waals surface area contributed by atoms with E-state index in [-0.39, 0.29) is 31.3 Å². The van der Waals surface area contributed by atoms with Crippen molar-refractivity contribution in [1.29, 1.82) is 0 Å². The third-order valence-corrected chi connectivity index (χ3v) is 6.93. The van der Waals surface area contributed by atoms with Gasteiger partial charge in [0.25, 0.3) is 0 Å². The minimum absolute atomic E-state index is 0.0900. The first-order valence-corrected chi connectivity index (χ1v) is 13.8. The largest absolute Gasteiger partial charge is 0.497 e. The van der Waals surface area contributed by atoms with Gasteiger partial charge in [0.05, 0.1) is 25.7 Å². The lowest BCUT2D eigenvalue weighted by molar-refractivity contribution is -0.141. The van der Waals surface area contributed by atoms with Crippen LogP contribution in [0, 0.1) is 0 Å². The van der Waals surface area contributed by atoms with Crippen molar-refractivity contribution in [1.82, 2.24) is 10.2 Å². The fourth-order valence-electron chi connectivity index (χ4n) is 3.89. The molecule has 0 heterocycles. The molecule has 9 nitrogen and oxygen atoms in total. The van der Waals surface area contributed by atoms with E-state index in [2.05, 4.69) is 5.32 Å². The van der Waals surface area contributed by atoms with Crippen LogP contribution in [-0.2, 0) is 26.2 Å². The summed E-state index contributed by atoms with van der Waals surface area (Å²) < 4.78 is 36.8. The van der Waals surface area contributed by atoms with E-state index in [1.165, 1.54) is 4.31 Å². The van der Waals surface area contributed by atoms with Gasteiger partial charge in [0.15, 0.2) is 0 Å². The molecule has 0 saturated carbocycles. The molecule has 10 heteroatoms. The molecule has 1 atom stereocenters. The van der Waals surface area contributed by atoms with E-state index in [1.807, 2.05) is 26.0 Å². The number of hydrogen-bond acceptors (Lipinski definition) is 6. The molecule has 0 aliphatic carbocycles. The molecule has 2 aromatic carbocycles. The van der Waals surface area contributed by atoms with Crippen LogP contribution >= 0.6 is 0 Å². The number of nitrogens with zero attached hydrogens (tertiary/aromatic N) is 2. The van der Waals surface area contributed by atoms with Crippen molar-refractivity contribution in [3.8, 4) is 11.5 Å². The van der Waals surface area contributed by atoms with Gasteiger partial charge in [0.1, 0.15) is 17.5 Å². The zero-order valence-electron chi connectivity index (χ0n) is 21.7. The van der Waals surface area contributed by atoms with Gasteiger partial charge in [-0.05, 0) is 61.7 Å². The van der Waals surface area contributed by atoms with Crippen LogP contribution in [-0.4, -0.2) is 64.7 Å². The number of anilines is 1. The highest BCUT2D eigenvalue weighted by atomic mass is 32.2. The van der Waals surface area contributed by atoms with Crippen LogP contribution in [0.4, 0.5) is 5.69 Å². The molecule has 2 aromatic rings. The normalized spacial score (nSPS) is 11.9. The number of methoxy groups -OCH3 is 1. The van der Waals surface area contributed by atoms with Gasteiger partial charge in [-0.1, -0.05) is 19.1 Å². The molecule has 0 aromatic heterocycles. The van der Waals surface area contributed by atoms with Gasteiger partial charge in [-0.3, -0.25) is 13.9 Å². The standard InChI is InChI=1S/C26H37N3O6S/c1-6-24(26(31)27-3)28(19-20-10-14-22(34-4)15-11-20)25(30)9-8-18-29(36(5,32)33)21-12-16-23(17-13-21)35-7-2/h10-17,24H,6-9,18-19H2,1-5H3,(H,27,31)/t24-/m1/s1. The van der Waals surface area contributed by atoms with Crippen LogP contribution in [0.15, 0.2) is 48.5 Å². The average Bonchev–Trinajstić information content (AvgIpc) is 2.86. The zero-order chi connectivity index (χ0) is 26.7. The first-order valence-electron chi connectivity index (χ1n) is 12.0. The second kappa shape index (κ2) is 13.7. The van der Waals surface area contributed by atoms with Gasteiger partial charge in [-0.2, -0.15) is 0 Å². The van der Waals surface area contributed by atoms with E-state index in [0.717, 1.165) is 11.8 Å². The first-order chi connectivity index (χ1) is 17.1. The molecular formula is C26H37N3O6S. The third kappa shape index (κ3) is 8.15. The van der Waals surface area contributed by atoms with Gasteiger partial charge in [0.2, 0.25) is 21.8 Å². The molecule has 0 radical (unpaired) electrons. The number of likely N-dealkylation sites (N-methyl/N-ethyl adjacent to an activating group) is 1. The second-order valence-corrected chi connectivity index (χ2v) is 10.2. The molecule has 0 aliphatic heterocycles. The lowest BCUT2D eigenvalue weighted by Gasteiger charge is -2.31. The maximum Gasteiger partial charge on any atom is 0.242 e. The van der Waals surface area contributed by atoms with E-state index < -0.39 is 16.1 Å². The summed E-state index contributed by atoms with van der Waals surface area (Å²) in [5.74, 6) is 0.886. The Bertz CT molecular complexity index is 1090. The Morgan fingerprint density at radius 3 is 2.11 bits per heavy atom. The van der Waals surface area contributed by atoms with E-state index in [4.69, 9.17) is 9.47 Å². The molecule has 0 saturated heterocycles. The Hall–Kier alpha value is -3.27. The topological polar surface area (TPSA) is 105 Å². The molecule has 0 unspecified atom stereocenters. The Kier molecular flexibility index (Phi) is 11.0. The number of nitrogens with one attached hydrogen (secondary N) is 1. The summed E-state index contributed by atoms with van der Waals surface area (Å²) in [7, 11) is -0.440. The molecule has 2 amide bonds. The number of sulfonamides is 1. The summed E-state index contributed by atoms with van der Waals surface area (Å²) in [6, 6.07) is 13.5. The quantitative estimate of drug-likeness (QED) is 0.411. The molecule has 2 rings (SSSR count). The number of hydrogen-bond donors (Lipinski definition) is 1. The van der Waals surface area contributed by atoms with Crippen LogP contribution in [0.5, 0.6) is 11.5 Å². The zero-order valence-corrected chi connectivity index (χ0v) is 22.5. The Balaban J connectivity index is 2.16. The Morgan fingerprint density at radius 2 is 1.61 bits per heavy atom. The lowest BCUT2D eigenvalue weighted by atomic mass is 10.1. The molecular weight excluding hydrogens is 482 g/mol. The van der Waals surface area contributed by atoms with Crippen molar-refractivity contribution in [3.05, 3.63) is 54.1 Å². The van der Waals surface area contributed by atoms with Crippen molar-refractivity contribution < 1.29 is 27.5 Å². The maximum absolute atomic E-state index is 13.3. The summed E-state index contributed by atoms with van der Waals surface area (Å²) in [6.45, 7) is 4.62. The molecule has 36 heavy (non-hydrogen) atoms. The summed E-state index contributed by atoms with van der Waals surface area (Å²) in [5.41, 5.74) is 1.36. The van der Waals surface area contributed by atoms with Gasteiger partial charge >= 0.3 is 0 Å². The van der Waals surface area contributed by atoms with Crippen molar-refractivity contribution in [2.45, 2.75) is 45.7 Å². The number of carbonyl (C=O) groups excluding carboxylic acids is 2. The van der Waals surface area contributed by atoms with Crippen molar-refractivity contribution >= 4 is 27.5 Å². The predicted molar refractivity (Wildman–Crippen MR) is 141 cm³/mol. The van der Waals surface area contributed by atoms with Gasteiger partial charge in [0, 0.05) is 26.6 Å². The predicted octanol–water partition coefficient (Wildman–Crippen LogP) is 3.19. The van der Waals surface area contributed by atoms with E-state index in [0.29, 0.717) is 36.6 Å². The molecule has 0 spiro atoms. The van der Waals surface area contributed by atoms with E-state index >= 15 is 0 Å². The van der Waals surface area contributed by atoms with Crippen LogP contribution in [0.2, 0.25) is 0 Å². The van der Waals surface area contributed by atoms with Crippen LogP contribution in [0.25, 0.3) is 0 Å². The highest BCUT2D eigenvalue weighted by molar-refractivity contribution is 7.92. The number of carbonyl (C=O) groups is 2. The summed E-state index contributed by atoms with van der Waals surface area (Å²) >= 11 is 0. The van der Waals surface area contributed by atoms with E-state index in [1.54, 1.807) is 55.5 Å². The van der Waals surface area contributed by atoms with Crippen LogP contribution in [0.3, 0.4) is 0 Å². The summed E-state index contributed by atoms with van der Waals surface area (Å²) in [6.07, 6.45) is 1.97. The van der Waals surface area contributed by atoms with Crippen LogP contribution < -0.4 is 19.1 Å². The second-order valence-electron chi connectivity index (χ2n) is 8.27. The fraction of sp³-hybridized carbons (Fsp3) is 0.462.